The Bertz CT molecular complexity index is 757. The molecule has 0 spiro atoms. The maximum absolute atomic E-state index is 11.0. The van der Waals surface area contributed by atoms with Crippen LogP contribution in [0.2, 0.25) is 0 Å². The van der Waals surface area contributed by atoms with E-state index in [2.05, 4.69) is 4.98 Å². The predicted molar refractivity (Wildman–Crippen MR) is 81.6 cm³/mol. The molecule has 0 aliphatic heterocycles. The first kappa shape index (κ1) is 12.8. The van der Waals surface area contributed by atoms with Crippen LogP contribution >= 0.6 is 0 Å². The van der Waals surface area contributed by atoms with Crippen LogP contribution in [0.1, 0.15) is 23.6 Å². The van der Waals surface area contributed by atoms with Crippen LogP contribution in [0.5, 0.6) is 0 Å². The SMILES string of the molecule is Cc1cccc(C(C)(O)c2cccc3cccnc23)c1. The molecule has 2 nitrogen and oxygen atoms in total. The van der Waals surface area contributed by atoms with Crippen LogP contribution in [0.3, 0.4) is 0 Å². The van der Waals surface area contributed by atoms with Gasteiger partial charge in [0.2, 0.25) is 0 Å². The summed E-state index contributed by atoms with van der Waals surface area (Å²) in [7, 11) is 0. The molecule has 1 unspecified atom stereocenters. The monoisotopic (exact) mass is 263 g/mol. The molecule has 2 heteroatoms. The molecule has 20 heavy (non-hydrogen) atoms. The Labute approximate surface area is 118 Å². The normalized spacial score (nSPS) is 14.2. The van der Waals surface area contributed by atoms with Crippen molar-refractivity contribution in [3.05, 3.63) is 77.5 Å². The fraction of sp³-hybridized carbons (Fsp3) is 0.167. The molecule has 0 aliphatic rings. The lowest BCUT2D eigenvalue weighted by Crippen LogP contribution is -2.23. The van der Waals surface area contributed by atoms with Crippen LogP contribution < -0.4 is 0 Å². The average Bonchev–Trinajstić information content (AvgIpc) is 2.46. The number of hydrogen-bond acceptors (Lipinski definition) is 2. The summed E-state index contributed by atoms with van der Waals surface area (Å²) >= 11 is 0. The highest BCUT2D eigenvalue weighted by atomic mass is 16.3. The minimum atomic E-state index is -1.06. The second-order valence-corrected chi connectivity index (χ2v) is 5.32. The number of hydrogen-bond donors (Lipinski definition) is 1. The first-order valence-corrected chi connectivity index (χ1v) is 6.73. The standard InChI is InChI=1S/C18H17NO/c1-13-6-3-9-15(12-13)18(2,20)16-10-4-7-14-8-5-11-19-17(14)16/h3-12,20H,1-2H3. The highest BCUT2D eigenvalue weighted by Crippen LogP contribution is 2.33. The molecule has 100 valence electrons. The summed E-state index contributed by atoms with van der Waals surface area (Å²) in [4.78, 5) is 4.44. The van der Waals surface area contributed by atoms with Gasteiger partial charge in [-0.25, -0.2) is 0 Å². The zero-order valence-corrected chi connectivity index (χ0v) is 11.7. The third-order valence-electron chi connectivity index (χ3n) is 3.74. The number of nitrogens with zero attached hydrogens (tertiary/aromatic N) is 1. The molecule has 1 atom stereocenters. The van der Waals surface area contributed by atoms with E-state index in [0.717, 1.165) is 27.6 Å². The van der Waals surface area contributed by atoms with E-state index in [9.17, 15) is 5.11 Å². The molecule has 3 rings (SSSR count). The van der Waals surface area contributed by atoms with E-state index >= 15 is 0 Å². The second-order valence-electron chi connectivity index (χ2n) is 5.32. The van der Waals surface area contributed by atoms with Gasteiger partial charge in [0, 0.05) is 17.1 Å². The van der Waals surface area contributed by atoms with Gasteiger partial charge in [0.15, 0.2) is 0 Å². The van der Waals surface area contributed by atoms with E-state index in [1.54, 1.807) is 6.20 Å². The van der Waals surface area contributed by atoms with Crippen molar-refractivity contribution in [1.29, 1.82) is 0 Å². The van der Waals surface area contributed by atoms with E-state index in [1.807, 2.05) is 68.4 Å². The zero-order chi connectivity index (χ0) is 14.2. The number of aliphatic hydroxyl groups is 1. The third-order valence-corrected chi connectivity index (χ3v) is 3.74. The molecule has 2 aromatic carbocycles. The van der Waals surface area contributed by atoms with Crippen LogP contribution in [-0.2, 0) is 5.60 Å². The van der Waals surface area contributed by atoms with Crippen molar-refractivity contribution in [3.8, 4) is 0 Å². The van der Waals surface area contributed by atoms with Crippen LogP contribution in [0.15, 0.2) is 60.8 Å². The first-order valence-electron chi connectivity index (χ1n) is 6.73. The molecule has 1 aromatic heterocycles. The van der Waals surface area contributed by atoms with Gasteiger partial charge in [-0.3, -0.25) is 4.98 Å². The number of para-hydroxylation sites is 1. The number of aryl methyl sites for hydroxylation is 1. The van der Waals surface area contributed by atoms with Gasteiger partial charge in [-0.15, -0.1) is 0 Å². The Morgan fingerprint density at radius 2 is 1.75 bits per heavy atom. The largest absolute Gasteiger partial charge is 0.381 e. The molecule has 0 fully saturated rings. The van der Waals surface area contributed by atoms with E-state index in [1.165, 1.54) is 0 Å². The van der Waals surface area contributed by atoms with Crippen LogP contribution in [-0.4, -0.2) is 10.1 Å². The summed E-state index contributed by atoms with van der Waals surface area (Å²) < 4.78 is 0. The summed E-state index contributed by atoms with van der Waals surface area (Å²) in [5.41, 5.74) is 2.65. The molecule has 3 aromatic rings. The van der Waals surface area contributed by atoms with E-state index in [-0.39, 0.29) is 0 Å². The van der Waals surface area contributed by atoms with Crippen molar-refractivity contribution in [3.63, 3.8) is 0 Å². The lowest BCUT2D eigenvalue weighted by atomic mass is 9.86. The van der Waals surface area contributed by atoms with Crippen molar-refractivity contribution < 1.29 is 5.11 Å². The molecular weight excluding hydrogens is 246 g/mol. The minimum absolute atomic E-state index is 0.834. The Morgan fingerprint density at radius 3 is 2.55 bits per heavy atom. The molecular formula is C18H17NO. The van der Waals surface area contributed by atoms with Crippen LogP contribution in [0.25, 0.3) is 10.9 Å². The van der Waals surface area contributed by atoms with Crippen molar-refractivity contribution in [2.24, 2.45) is 0 Å². The molecule has 0 bridgehead atoms. The topological polar surface area (TPSA) is 33.1 Å². The summed E-state index contributed by atoms with van der Waals surface area (Å²) in [5, 5.41) is 12.1. The molecule has 1 N–H and O–H groups in total. The molecule has 0 amide bonds. The number of aromatic nitrogens is 1. The van der Waals surface area contributed by atoms with Gasteiger partial charge in [-0.2, -0.15) is 0 Å². The molecule has 0 saturated heterocycles. The highest BCUT2D eigenvalue weighted by Gasteiger charge is 2.27. The maximum atomic E-state index is 11.0. The summed E-state index contributed by atoms with van der Waals surface area (Å²) in [6.45, 7) is 3.85. The number of benzene rings is 2. The quantitative estimate of drug-likeness (QED) is 0.763. The van der Waals surface area contributed by atoms with E-state index in [0.29, 0.717) is 0 Å². The third kappa shape index (κ3) is 2.08. The van der Waals surface area contributed by atoms with Crippen molar-refractivity contribution in [2.45, 2.75) is 19.4 Å². The minimum Gasteiger partial charge on any atom is -0.381 e. The Balaban J connectivity index is 2.23. The van der Waals surface area contributed by atoms with Gasteiger partial charge < -0.3 is 5.11 Å². The van der Waals surface area contributed by atoms with Gasteiger partial charge >= 0.3 is 0 Å². The molecule has 0 saturated carbocycles. The van der Waals surface area contributed by atoms with Gasteiger partial charge in [0.05, 0.1) is 5.52 Å². The predicted octanol–water partition coefficient (Wildman–Crippen LogP) is 3.80. The smallest absolute Gasteiger partial charge is 0.114 e. The molecule has 0 radical (unpaired) electrons. The average molecular weight is 263 g/mol. The fourth-order valence-electron chi connectivity index (χ4n) is 2.60. The Morgan fingerprint density at radius 1 is 1.00 bits per heavy atom. The Kier molecular flexibility index (Phi) is 3.03. The first-order chi connectivity index (χ1) is 9.59. The van der Waals surface area contributed by atoms with Gasteiger partial charge in [-0.1, -0.05) is 54.1 Å². The van der Waals surface area contributed by atoms with Crippen molar-refractivity contribution in [1.82, 2.24) is 4.98 Å². The van der Waals surface area contributed by atoms with Crippen molar-refractivity contribution >= 4 is 10.9 Å². The molecule has 1 heterocycles. The fourth-order valence-corrected chi connectivity index (χ4v) is 2.60. The van der Waals surface area contributed by atoms with Crippen LogP contribution in [0, 0.1) is 6.92 Å². The van der Waals surface area contributed by atoms with Gasteiger partial charge in [0.1, 0.15) is 5.60 Å². The number of fused-ring (bicyclic) bond motifs is 1. The second kappa shape index (κ2) is 4.73. The summed E-state index contributed by atoms with van der Waals surface area (Å²) in [5.74, 6) is 0. The lowest BCUT2D eigenvalue weighted by Gasteiger charge is -2.26. The number of pyridine rings is 1. The van der Waals surface area contributed by atoms with Gasteiger partial charge in [-0.05, 0) is 25.5 Å². The van der Waals surface area contributed by atoms with E-state index < -0.39 is 5.60 Å². The van der Waals surface area contributed by atoms with Crippen LogP contribution in [0.4, 0.5) is 0 Å². The highest BCUT2D eigenvalue weighted by molar-refractivity contribution is 5.82. The summed E-state index contributed by atoms with van der Waals surface area (Å²) in [6.07, 6.45) is 1.76. The number of rotatable bonds is 2. The van der Waals surface area contributed by atoms with Gasteiger partial charge in [0.25, 0.3) is 0 Å². The zero-order valence-electron chi connectivity index (χ0n) is 11.7. The summed E-state index contributed by atoms with van der Waals surface area (Å²) in [6, 6.07) is 17.8. The lowest BCUT2D eigenvalue weighted by molar-refractivity contribution is 0.104. The Hall–Kier alpha value is -2.19. The maximum Gasteiger partial charge on any atom is 0.114 e. The van der Waals surface area contributed by atoms with Crippen molar-refractivity contribution in [2.75, 3.05) is 0 Å². The van der Waals surface area contributed by atoms with E-state index in [4.69, 9.17) is 0 Å². The molecule has 0 aliphatic carbocycles.